The Bertz CT molecular complexity index is 181. The molecule has 0 aliphatic rings. The average molecular weight is 243 g/mol. The summed E-state index contributed by atoms with van der Waals surface area (Å²) in [5, 5.41) is 3.39. The number of methoxy groups -OCH3 is 1. The van der Waals surface area contributed by atoms with E-state index in [1.807, 2.05) is 13.8 Å². The van der Waals surface area contributed by atoms with Crippen LogP contribution >= 0.6 is 0 Å². The van der Waals surface area contributed by atoms with Crippen molar-refractivity contribution in [1.82, 2.24) is 5.32 Å². The summed E-state index contributed by atoms with van der Waals surface area (Å²) < 4.78 is 5.00. The number of ether oxygens (including phenoxy) is 1. The number of carbonyl (C=O) groups is 1. The summed E-state index contributed by atoms with van der Waals surface area (Å²) in [6, 6.07) is 0. The van der Waals surface area contributed by atoms with E-state index >= 15 is 0 Å². The Morgan fingerprint density at radius 3 is 2.35 bits per heavy atom. The number of unbranched alkanes of at least 4 members (excludes halogenated alkanes) is 3. The maximum absolute atomic E-state index is 11.3. The van der Waals surface area contributed by atoms with Crippen LogP contribution in [-0.4, -0.2) is 32.6 Å². The van der Waals surface area contributed by atoms with Crippen LogP contribution in [0.15, 0.2) is 0 Å². The number of ketones is 1. The molecule has 0 saturated carbocycles. The lowest BCUT2D eigenvalue weighted by molar-refractivity contribution is -0.121. The number of rotatable bonds is 12. The zero-order chi connectivity index (χ0) is 12.9. The first kappa shape index (κ1) is 16.6. The fourth-order valence-corrected chi connectivity index (χ4v) is 1.65. The Labute approximate surface area is 106 Å². The van der Waals surface area contributed by atoms with Crippen molar-refractivity contribution >= 4 is 5.78 Å². The van der Waals surface area contributed by atoms with Gasteiger partial charge in [0.1, 0.15) is 5.78 Å². The summed E-state index contributed by atoms with van der Waals surface area (Å²) in [7, 11) is 1.75. The van der Waals surface area contributed by atoms with Gasteiger partial charge in [0, 0.05) is 26.1 Å². The Balaban J connectivity index is 3.06. The fourth-order valence-electron chi connectivity index (χ4n) is 1.65. The third kappa shape index (κ3) is 11.8. The van der Waals surface area contributed by atoms with E-state index in [9.17, 15) is 4.79 Å². The van der Waals surface area contributed by atoms with E-state index in [1.54, 1.807) is 7.11 Å². The molecule has 1 N–H and O–H groups in total. The number of hydrogen-bond acceptors (Lipinski definition) is 3. The van der Waals surface area contributed by atoms with E-state index < -0.39 is 0 Å². The lowest BCUT2D eigenvalue weighted by Crippen LogP contribution is -2.18. The molecule has 0 saturated heterocycles. The summed E-state index contributed by atoms with van der Waals surface area (Å²) in [5.74, 6) is 0.571. The van der Waals surface area contributed by atoms with Gasteiger partial charge in [-0.3, -0.25) is 4.79 Å². The SMILES string of the molecule is COCCCCCCNCCCC(=O)C(C)C. The highest BCUT2D eigenvalue weighted by molar-refractivity contribution is 5.80. The van der Waals surface area contributed by atoms with Crippen LogP contribution in [0.25, 0.3) is 0 Å². The van der Waals surface area contributed by atoms with Crippen LogP contribution < -0.4 is 5.32 Å². The molecule has 0 fully saturated rings. The van der Waals surface area contributed by atoms with Gasteiger partial charge in [0.15, 0.2) is 0 Å². The molecule has 0 amide bonds. The van der Waals surface area contributed by atoms with E-state index in [0.29, 0.717) is 5.78 Å². The highest BCUT2D eigenvalue weighted by atomic mass is 16.5. The molecule has 0 aromatic carbocycles. The maximum Gasteiger partial charge on any atom is 0.135 e. The molecule has 0 aromatic rings. The number of carbonyl (C=O) groups excluding carboxylic acids is 1. The van der Waals surface area contributed by atoms with Crippen molar-refractivity contribution in [3.63, 3.8) is 0 Å². The van der Waals surface area contributed by atoms with Crippen molar-refractivity contribution in [3.8, 4) is 0 Å². The lowest BCUT2D eigenvalue weighted by Gasteiger charge is -2.06. The molecule has 0 unspecified atom stereocenters. The number of nitrogens with one attached hydrogen (secondary N) is 1. The van der Waals surface area contributed by atoms with Crippen LogP contribution in [0.4, 0.5) is 0 Å². The predicted molar refractivity (Wildman–Crippen MR) is 72.3 cm³/mol. The quantitative estimate of drug-likeness (QED) is 0.536. The van der Waals surface area contributed by atoms with Gasteiger partial charge < -0.3 is 10.1 Å². The topological polar surface area (TPSA) is 38.3 Å². The zero-order valence-corrected chi connectivity index (χ0v) is 11.8. The van der Waals surface area contributed by atoms with Crippen LogP contribution in [0, 0.1) is 5.92 Å². The monoisotopic (exact) mass is 243 g/mol. The second-order valence-electron chi connectivity index (χ2n) is 4.88. The van der Waals surface area contributed by atoms with Crippen molar-refractivity contribution in [1.29, 1.82) is 0 Å². The molecule has 17 heavy (non-hydrogen) atoms. The number of hydrogen-bond donors (Lipinski definition) is 1. The van der Waals surface area contributed by atoms with Crippen LogP contribution in [0.5, 0.6) is 0 Å². The molecule has 0 aromatic heterocycles. The van der Waals surface area contributed by atoms with Crippen LogP contribution in [0.3, 0.4) is 0 Å². The van der Waals surface area contributed by atoms with Crippen molar-refractivity contribution in [2.75, 3.05) is 26.8 Å². The van der Waals surface area contributed by atoms with Crippen molar-refractivity contribution in [3.05, 3.63) is 0 Å². The zero-order valence-electron chi connectivity index (χ0n) is 11.8. The second-order valence-corrected chi connectivity index (χ2v) is 4.88. The van der Waals surface area contributed by atoms with E-state index in [1.165, 1.54) is 25.7 Å². The summed E-state index contributed by atoms with van der Waals surface area (Å²) in [6.45, 7) is 6.86. The fraction of sp³-hybridized carbons (Fsp3) is 0.929. The van der Waals surface area contributed by atoms with Gasteiger partial charge >= 0.3 is 0 Å². The van der Waals surface area contributed by atoms with Gasteiger partial charge in [-0.05, 0) is 32.4 Å². The van der Waals surface area contributed by atoms with Gasteiger partial charge in [-0.1, -0.05) is 26.7 Å². The van der Waals surface area contributed by atoms with Gasteiger partial charge in [-0.25, -0.2) is 0 Å². The van der Waals surface area contributed by atoms with E-state index in [2.05, 4.69) is 5.32 Å². The Kier molecular flexibility index (Phi) is 11.8. The highest BCUT2D eigenvalue weighted by Gasteiger charge is 2.05. The Morgan fingerprint density at radius 1 is 1.06 bits per heavy atom. The molecule has 0 aliphatic heterocycles. The molecule has 0 radical (unpaired) electrons. The van der Waals surface area contributed by atoms with Gasteiger partial charge in [0.05, 0.1) is 0 Å². The smallest absolute Gasteiger partial charge is 0.135 e. The highest BCUT2D eigenvalue weighted by Crippen LogP contribution is 2.01. The van der Waals surface area contributed by atoms with Gasteiger partial charge in [-0.2, -0.15) is 0 Å². The summed E-state index contributed by atoms with van der Waals surface area (Å²) in [4.78, 5) is 11.3. The third-order valence-electron chi connectivity index (χ3n) is 2.87. The maximum atomic E-state index is 11.3. The molecular formula is C14H29NO2. The standard InChI is InChI=1S/C14H29NO2/c1-13(2)14(16)9-8-11-15-10-6-4-5-7-12-17-3/h13,15H,4-12H2,1-3H3. The number of Topliss-reactive ketones (excluding diaryl/α,β-unsaturated/α-hetero) is 1. The molecule has 0 rings (SSSR count). The Morgan fingerprint density at radius 2 is 1.71 bits per heavy atom. The van der Waals surface area contributed by atoms with Crippen molar-refractivity contribution in [2.24, 2.45) is 5.92 Å². The van der Waals surface area contributed by atoms with Crippen LogP contribution in [0.2, 0.25) is 0 Å². The lowest BCUT2D eigenvalue weighted by atomic mass is 10.0. The van der Waals surface area contributed by atoms with E-state index in [4.69, 9.17) is 4.74 Å². The second kappa shape index (κ2) is 12.1. The van der Waals surface area contributed by atoms with Gasteiger partial charge in [0.25, 0.3) is 0 Å². The third-order valence-corrected chi connectivity index (χ3v) is 2.87. The van der Waals surface area contributed by atoms with E-state index in [-0.39, 0.29) is 5.92 Å². The normalized spacial score (nSPS) is 11.1. The summed E-state index contributed by atoms with van der Waals surface area (Å²) in [6.07, 6.45) is 6.60. The van der Waals surface area contributed by atoms with Gasteiger partial charge in [0.2, 0.25) is 0 Å². The Hall–Kier alpha value is -0.410. The van der Waals surface area contributed by atoms with Crippen LogP contribution in [0.1, 0.15) is 52.4 Å². The van der Waals surface area contributed by atoms with E-state index in [0.717, 1.165) is 32.5 Å². The molecule has 0 bridgehead atoms. The largest absolute Gasteiger partial charge is 0.385 e. The molecule has 0 aliphatic carbocycles. The molecule has 102 valence electrons. The first-order chi connectivity index (χ1) is 8.18. The molecule has 0 heterocycles. The van der Waals surface area contributed by atoms with Crippen molar-refractivity contribution in [2.45, 2.75) is 52.4 Å². The average Bonchev–Trinajstić information content (AvgIpc) is 2.31. The molecule has 3 heteroatoms. The molecule has 3 nitrogen and oxygen atoms in total. The minimum Gasteiger partial charge on any atom is -0.385 e. The summed E-state index contributed by atoms with van der Waals surface area (Å²) >= 11 is 0. The molecule has 0 atom stereocenters. The minimum atomic E-state index is 0.191. The molecule has 0 spiro atoms. The van der Waals surface area contributed by atoms with Crippen molar-refractivity contribution < 1.29 is 9.53 Å². The minimum absolute atomic E-state index is 0.191. The summed E-state index contributed by atoms with van der Waals surface area (Å²) in [5.41, 5.74) is 0. The van der Waals surface area contributed by atoms with Gasteiger partial charge in [-0.15, -0.1) is 0 Å². The predicted octanol–water partition coefficient (Wildman–Crippen LogP) is 2.79. The molecular weight excluding hydrogens is 214 g/mol. The first-order valence-corrected chi connectivity index (χ1v) is 6.91. The first-order valence-electron chi connectivity index (χ1n) is 6.91. The van der Waals surface area contributed by atoms with Crippen LogP contribution in [-0.2, 0) is 9.53 Å².